The third-order valence-electron chi connectivity index (χ3n) is 6.38. The Hall–Kier alpha value is -4.24. The van der Waals surface area contributed by atoms with E-state index in [0.717, 1.165) is 40.1 Å². The summed E-state index contributed by atoms with van der Waals surface area (Å²) in [5.41, 5.74) is 5.33. The van der Waals surface area contributed by atoms with E-state index in [0.29, 0.717) is 30.6 Å². The number of carbonyl (C=O) groups is 1. The van der Waals surface area contributed by atoms with Crippen LogP contribution in [0.25, 0.3) is 22.5 Å². The Morgan fingerprint density at radius 3 is 2.68 bits per heavy atom. The lowest BCUT2D eigenvalue weighted by Crippen LogP contribution is -2.44. The van der Waals surface area contributed by atoms with Gasteiger partial charge in [-0.3, -0.25) is 9.89 Å². The predicted molar refractivity (Wildman–Crippen MR) is 141 cm³/mol. The summed E-state index contributed by atoms with van der Waals surface area (Å²) in [4.78, 5) is 21.9. The van der Waals surface area contributed by atoms with E-state index in [1.165, 1.54) is 0 Å². The first-order chi connectivity index (χ1) is 17.9. The number of nitrogens with zero attached hydrogens (tertiary/aromatic N) is 3. The first kappa shape index (κ1) is 24.5. The molecule has 3 N–H and O–H groups in total. The molecule has 1 aliphatic rings. The molecule has 5 rings (SSSR count). The van der Waals surface area contributed by atoms with Crippen molar-refractivity contribution in [1.29, 1.82) is 0 Å². The number of benzene rings is 2. The number of fused-ring (bicyclic) bond motifs is 1. The topological polar surface area (TPSA) is 114 Å². The minimum atomic E-state index is -0.272. The lowest BCUT2D eigenvalue weighted by atomic mass is 10.0. The zero-order valence-corrected chi connectivity index (χ0v) is 21.2. The van der Waals surface area contributed by atoms with Crippen LogP contribution >= 0.6 is 0 Å². The van der Waals surface area contributed by atoms with Crippen LogP contribution in [-0.4, -0.2) is 38.2 Å². The predicted octanol–water partition coefficient (Wildman–Crippen LogP) is 4.99. The molecule has 2 aromatic carbocycles. The summed E-state index contributed by atoms with van der Waals surface area (Å²) in [6.07, 6.45) is 4.48. The zero-order valence-electron chi connectivity index (χ0n) is 21.2. The van der Waals surface area contributed by atoms with Crippen molar-refractivity contribution in [2.45, 2.75) is 45.9 Å². The number of hydrogen-bond acceptors (Lipinski definition) is 7. The monoisotopic (exact) mass is 498 g/mol. The number of aromatic amines is 1. The summed E-state index contributed by atoms with van der Waals surface area (Å²) in [5, 5.41) is 13.3. The van der Waals surface area contributed by atoms with E-state index in [4.69, 9.17) is 19.4 Å². The minimum absolute atomic E-state index is 0.0621. The Kier molecular flexibility index (Phi) is 6.87. The van der Waals surface area contributed by atoms with Crippen molar-refractivity contribution in [2.75, 3.05) is 11.9 Å². The first-order valence-electron chi connectivity index (χ1n) is 12.3. The Morgan fingerprint density at radius 2 is 1.92 bits per heavy atom. The normalized spacial score (nSPS) is 12.7. The molecule has 0 unspecified atom stereocenters. The van der Waals surface area contributed by atoms with Gasteiger partial charge in [0, 0.05) is 34.1 Å². The minimum Gasteiger partial charge on any atom is -0.484 e. The molecule has 0 aliphatic carbocycles. The van der Waals surface area contributed by atoms with E-state index in [1.54, 1.807) is 6.20 Å². The van der Waals surface area contributed by atoms with Gasteiger partial charge in [0.05, 0.1) is 25.1 Å². The van der Waals surface area contributed by atoms with Gasteiger partial charge in [-0.2, -0.15) is 5.10 Å². The highest BCUT2D eigenvalue weighted by molar-refractivity contribution is 5.78. The molecule has 0 saturated carbocycles. The van der Waals surface area contributed by atoms with Crippen LogP contribution in [0, 0.1) is 0 Å². The second-order valence-electron chi connectivity index (χ2n) is 9.61. The number of nitrogens with one attached hydrogen (secondary N) is 3. The second kappa shape index (κ2) is 10.4. The molecule has 9 heteroatoms. The first-order valence-corrected chi connectivity index (χ1v) is 12.3. The molecule has 0 atom stereocenters. The SMILES string of the molecule is CCC(C)(C)NC(=O)COc1cccc(-c2nc3c(c(Nc4ccc(-c5cn[nH]c5)cc4)n2)COC3)c1. The molecule has 37 heavy (non-hydrogen) atoms. The van der Waals surface area contributed by atoms with E-state index in [-0.39, 0.29) is 18.1 Å². The average Bonchev–Trinajstić information content (AvgIpc) is 3.61. The highest BCUT2D eigenvalue weighted by Gasteiger charge is 2.21. The number of ether oxygens (including phenoxy) is 2. The van der Waals surface area contributed by atoms with Gasteiger partial charge in [0.2, 0.25) is 0 Å². The summed E-state index contributed by atoms with van der Waals surface area (Å²) in [6.45, 7) is 6.83. The molecule has 9 nitrogen and oxygen atoms in total. The molecular weight excluding hydrogens is 468 g/mol. The Bertz CT molecular complexity index is 1380. The maximum Gasteiger partial charge on any atom is 0.258 e. The van der Waals surface area contributed by atoms with Crippen LogP contribution in [0.1, 0.15) is 38.4 Å². The van der Waals surface area contributed by atoms with E-state index < -0.39 is 0 Å². The van der Waals surface area contributed by atoms with Crippen molar-refractivity contribution in [1.82, 2.24) is 25.5 Å². The van der Waals surface area contributed by atoms with Crippen molar-refractivity contribution in [3.05, 3.63) is 72.2 Å². The fourth-order valence-corrected chi connectivity index (χ4v) is 3.95. The molecule has 4 aromatic rings. The van der Waals surface area contributed by atoms with Crippen LogP contribution in [0.2, 0.25) is 0 Å². The molecule has 0 saturated heterocycles. The van der Waals surface area contributed by atoms with E-state index in [2.05, 4.69) is 20.8 Å². The lowest BCUT2D eigenvalue weighted by molar-refractivity contribution is -0.124. The number of rotatable bonds is 9. The van der Waals surface area contributed by atoms with Gasteiger partial charge in [0.1, 0.15) is 11.6 Å². The second-order valence-corrected chi connectivity index (χ2v) is 9.61. The smallest absolute Gasteiger partial charge is 0.258 e. The van der Waals surface area contributed by atoms with Crippen LogP contribution in [0.5, 0.6) is 5.75 Å². The van der Waals surface area contributed by atoms with Gasteiger partial charge >= 0.3 is 0 Å². The zero-order chi connectivity index (χ0) is 25.8. The van der Waals surface area contributed by atoms with Crippen molar-refractivity contribution in [2.24, 2.45) is 0 Å². The quantitative estimate of drug-likeness (QED) is 0.298. The molecule has 0 spiro atoms. The Morgan fingerprint density at radius 1 is 1.08 bits per heavy atom. The van der Waals surface area contributed by atoms with Gasteiger partial charge in [0.15, 0.2) is 12.4 Å². The number of anilines is 2. The Balaban J connectivity index is 1.34. The molecular formula is C28H30N6O3. The molecule has 1 amide bonds. The number of amides is 1. The van der Waals surface area contributed by atoms with Gasteiger partial charge < -0.3 is 20.1 Å². The van der Waals surface area contributed by atoms with E-state index in [9.17, 15) is 4.79 Å². The van der Waals surface area contributed by atoms with Crippen LogP contribution in [0.4, 0.5) is 11.5 Å². The third kappa shape index (κ3) is 5.78. The molecule has 0 radical (unpaired) electrons. The third-order valence-corrected chi connectivity index (χ3v) is 6.38. The fourth-order valence-electron chi connectivity index (χ4n) is 3.95. The summed E-state index contributed by atoms with van der Waals surface area (Å²) in [7, 11) is 0. The van der Waals surface area contributed by atoms with Crippen molar-refractivity contribution in [3.63, 3.8) is 0 Å². The standard InChI is InChI=1S/C28H30N6O3/c1-4-28(2,3)34-25(35)17-37-22-7-5-6-19(12-22)26-32-24-16-36-15-23(24)27(33-26)31-21-10-8-18(9-11-21)20-13-29-30-14-20/h5-14H,4,15-17H2,1-3H3,(H,29,30)(H,34,35)(H,31,32,33). The van der Waals surface area contributed by atoms with Gasteiger partial charge in [-0.1, -0.05) is 31.2 Å². The molecule has 0 bridgehead atoms. The average molecular weight is 499 g/mol. The largest absolute Gasteiger partial charge is 0.484 e. The van der Waals surface area contributed by atoms with Gasteiger partial charge in [-0.15, -0.1) is 0 Å². The summed E-state index contributed by atoms with van der Waals surface area (Å²) < 4.78 is 11.4. The molecule has 2 aromatic heterocycles. The maximum atomic E-state index is 12.3. The number of hydrogen-bond donors (Lipinski definition) is 3. The molecule has 190 valence electrons. The van der Waals surface area contributed by atoms with Crippen LogP contribution in [0.3, 0.4) is 0 Å². The van der Waals surface area contributed by atoms with Crippen LogP contribution in [0.15, 0.2) is 60.9 Å². The molecule has 1 aliphatic heterocycles. The fraction of sp³-hybridized carbons (Fsp3) is 0.286. The van der Waals surface area contributed by atoms with Crippen LogP contribution in [-0.2, 0) is 22.7 Å². The van der Waals surface area contributed by atoms with Gasteiger partial charge in [0.25, 0.3) is 5.91 Å². The van der Waals surface area contributed by atoms with E-state index >= 15 is 0 Å². The van der Waals surface area contributed by atoms with E-state index in [1.807, 2.05) is 75.5 Å². The highest BCUT2D eigenvalue weighted by atomic mass is 16.5. The number of H-pyrrole nitrogens is 1. The lowest BCUT2D eigenvalue weighted by Gasteiger charge is -2.24. The summed E-state index contributed by atoms with van der Waals surface area (Å²) in [6, 6.07) is 15.5. The van der Waals surface area contributed by atoms with Crippen molar-refractivity contribution in [3.8, 4) is 28.3 Å². The molecule has 0 fully saturated rings. The summed E-state index contributed by atoms with van der Waals surface area (Å²) >= 11 is 0. The maximum absolute atomic E-state index is 12.3. The van der Waals surface area contributed by atoms with Gasteiger partial charge in [-0.05, 0) is 50.1 Å². The van der Waals surface area contributed by atoms with Crippen LogP contribution < -0.4 is 15.4 Å². The van der Waals surface area contributed by atoms with Gasteiger partial charge in [-0.25, -0.2) is 9.97 Å². The van der Waals surface area contributed by atoms with Crippen molar-refractivity contribution < 1.29 is 14.3 Å². The molecule has 3 heterocycles. The van der Waals surface area contributed by atoms with Crippen molar-refractivity contribution >= 4 is 17.4 Å². The highest BCUT2D eigenvalue weighted by Crippen LogP contribution is 2.31. The Labute approximate surface area is 215 Å². The number of aromatic nitrogens is 4. The number of carbonyl (C=O) groups excluding carboxylic acids is 1. The summed E-state index contributed by atoms with van der Waals surface area (Å²) in [5.74, 6) is 1.69.